The van der Waals surface area contributed by atoms with Gasteiger partial charge in [-0.05, 0) is 31.5 Å². The maximum atomic E-state index is 10.6. The van der Waals surface area contributed by atoms with Gasteiger partial charge in [0, 0.05) is 12.5 Å². The van der Waals surface area contributed by atoms with E-state index in [4.69, 9.17) is 14.3 Å². The van der Waals surface area contributed by atoms with Crippen LogP contribution in [0.3, 0.4) is 0 Å². The summed E-state index contributed by atoms with van der Waals surface area (Å²) in [7, 11) is 0. The molecule has 1 aliphatic heterocycles. The number of carboxylic acids is 1. The zero-order chi connectivity index (χ0) is 16.2. The number of piperidine rings is 1. The summed E-state index contributed by atoms with van der Waals surface area (Å²) in [5.41, 5.74) is 1.87. The van der Waals surface area contributed by atoms with Crippen LogP contribution < -0.4 is 5.32 Å². The Morgan fingerprint density at radius 3 is 2.59 bits per heavy atom. The molecule has 0 amide bonds. The lowest BCUT2D eigenvalue weighted by molar-refractivity contribution is -0.192. The molecule has 2 N–H and O–H groups in total. The number of benzene rings is 1. The highest BCUT2D eigenvalue weighted by atomic mass is 19.4. The highest BCUT2D eigenvalue weighted by Crippen LogP contribution is 2.25. The Balaban J connectivity index is 0.000000217. The fourth-order valence-electron chi connectivity index (χ4n) is 2.13. The van der Waals surface area contributed by atoms with E-state index in [1.54, 1.807) is 0 Å². The first-order valence-electron chi connectivity index (χ1n) is 6.74. The molecular weight excluding hydrogens is 301 g/mol. The summed E-state index contributed by atoms with van der Waals surface area (Å²) < 4.78 is 37.5. The van der Waals surface area contributed by atoms with E-state index in [2.05, 4.69) is 10.3 Å². The molecule has 2 aromatic rings. The van der Waals surface area contributed by atoms with Crippen molar-refractivity contribution >= 4 is 17.1 Å². The average molecular weight is 316 g/mol. The number of hydrogen-bond donors (Lipinski definition) is 2. The highest BCUT2D eigenvalue weighted by Gasteiger charge is 2.38. The Bertz CT molecular complexity index is 601. The van der Waals surface area contributed by atoms with Gasteiger partial charge < -0.3 is 14.8 Å². The van der Waals surface area contributed by atoms with Crippen LogP contribution in [0.2, 0.25) is 0 Å². The number of halogens is 3. The van der Waals surface area contributed by atoms with E-state index in [0.717, 1.165) is 30.1 Å². The Morgan fingerprint density at radius 1 is 1.36 bits per heavy atom. The van der Waals surface area contributed by atoms with E-state index in [1.165, 1.54) is 12.8 Å². The fraction of sp³-hybridized carbons (Fsp3) is 0.429. The number of fused-ring (bicyclic) bond motifs is 1. The summed E-state index contributed by atoms with van der Waals surface area (Å²) in [6.45, 7) is 2.11. The van der Waals surface area contributed by atoms with Crippen LogP contribution >= 0.6 is 0 Å². The molecule has 1 fully saturated rings. The quantitative estimate of drug-likeness (QED) is 0.846. The number of aliphatic carboxylic acids is 1. The predicted octanol–water partition coefficient (Wildman–Crippen LogP) is 2.93. The van der Waals surface area contributed by atoms with Crippen molar-refractivity contribution in [2.75, 3.05) is 13.1 Å². The highest BCUT2D eigenvalue weighted by molar-refractivity contribution is 5.73. The molecule has 0 radical (unpaired) electrons. The Kier molecular flexibility index (Phi) is 5.02. The summed E-state index contributed by atoms with van der Waals surface area (Å²) in [6, 6.07) is 7.95. The van der Waals surface area contributed by atoms with Crippen molar-refractivity contribution in [1.82, 2.24) is 10.3 Å². The predicted molar refractivity (Wildman–Crippen MR) is 72.5 cm³/mol. The molecule has 1 aromatic heterocycles. The summed E-state index contributed by atoms with van der Waals surface area (Å²) in [6.07, 6.45) is -2.69. The second-order valence-electron chi connectivity index (χ2n) is 4.87. The summed E-state index contributed by atoms with van der Waals surface area (Å²) in [5.74, 6) is -1.41. The van der Waals surface area contributed by atoms with E-state index in [9.17, 15) is 13.2 Å². The van der Waals surface area contributed by atoms with Gasteiger partial charge in [0.25, 0.3) is 0 Å². The van der Waals surface area contributed by atoms with Gasteiger partial charge in [-0.15, -0.1) is 0 Å². The second-order valence-corrected chi connectivity index (χ2v) is 4.87. The largest absolute Gasteiger partial charge is 0.490 e. The molecule has 1 unspecified atom stereocenters. The summed E-state index contributed by atoms with van der Waals surface area (Å²) >= 11 is 0. The van der Waals surface area contributed by atoms with Crippen molar-refractivity contribution < 1.29 is 27.5 Å². The zero-order valence-electron chi connectivity index (χ0n) is 11.6. The van der Waals surface area contributed by atoms with Gasteiger partial charge in [-0.25, -0.2) is 9.78 Å². The minimum Gasteiger partial charge on any atom is -0.475 e. The third kappa shape index (κ3) is 4.20. The number of hydrogen-bond acceptors (Lipinski definition) is 4. The van der Waals surface area contributed by atoms with Crippen LogP contribution in [0.4, 0.5) is 13.2 Å². The molecular formula is C14H15F3N2O3. The van der Waals surface area contributed by atoms with E-state index in [0.29, 0.717) is 5.92 Å². The van der Waals surface area contributed by atoms with Crippen molar-refractivity contribution in [1.29, 1.82) is 0 Å². The van der Waals surface area contributed by atoms with Gasteiger partial charge in [0.2, 0.25) is 0 Å². The number of carboxylic acid groups (broad SMARTS) is 1. The fourth-order valence-corrected chi connectivity index (χ4v) is 2.13. The molecule has 8 heteroatoms. The lowest BCUT2D eigenvalue weighted by Crippen LogP contribution is -2.28. The van der Waals surface area contributed by atoms with E-state index >= 15 is 0 Å². The number of oxazole rings is 1. The van der Waals surface area contributed by atoms with E-state index in [-0.39, 0.29) is 0 Å². The van der Waals surface area contributed by atoms with Crippen LogP contribution in [0, 0.1) is 0 Å². The van der Waals surface area contributed by atoms with Gasteiger partial charge in [-0.3, -0.25) is 0 Å². The molecule has 0 aliphatic carbocycles. The molecule has 1 atom stereocenters. The molecule has 0 spiro atoms. The summed E-state index contributed by atoms with van der Waals surface area (Å²) in [5, 5.41) is 10.5. The van der Waals surface area contributed by atoms with Crippen LogP contribution in [-0.2, 0) is 4.79 Å². The SMILES string of the molecule is O=C(O)C(F)(F)F.c1ccc2oc(C3CCCNC3)nc2c1. The van der Waals surface area contributed by atoms with Crippen LogP contribution in [-0.4, -0.2) is 35.3 Å². The van der Waals surface area contributed by atoms with Crippen LogP contribution in [0.1, 0.15) is 24.7 Å². The van der Waals surface area contributed by atoms with Gasteiger partial charge in [0.05, 0.1) is 0 Å². The number of alkyl halides is 3. The molecule has 5 nitrogen and oxygen atoms in total. The zero-order valence-corrected chi connectivity index (χ0v) is 11.6. The van der Waals surface area contributed by atoms with Crippen molar-refractivity contribution in [3.63, 3.8) is 0 Å². The normalized spacial score (nSPS) is 18.6. The monoisotopic (exact) mass is 316 g/mol. The van der Waals surface area contributed by atoms with Crippen molar-refractivity contribution in [2.45, 2.75) is 24.9 Å². The summed E-state index contributed by atoms with van der Waals surface area (Å²) in [4.78, 5) is 13.4. The van der Waals surface area contributed by atoms with Gasteiger partial charge in [-0.2, -0.15) is 13.2 Å². The molecule has 22 heavy (non-hydrogen) atoms. The minimum absolute atomic E-state index is 0.450. The number of aromatic nitrogens is 1. The van der Waals surface area contributed by atoms with Crippen molar-refractivity contribution in [3.05, 3.63) is 30.2 Å². The lowest BCUT2D eigenvalue weighted by atomic mass is 10.00. The topological polar surface area (TPSA) is 75.4 Å². The molecule has 0 saturated carbocycles. The third-order valence-electron chi connectivity index (χ3n) is 3.20. The Morgan fingerprint density at radius 2 is 2.05 bits per heavy atom. The van der Waals surface area contributed by atoms with Crippen molar-refractivity contribution in [3.8, 4) is 0 Å². The van der Waals surface area contributed by atoms with Crippen LogP contribution in [0.5, 0.6) is 0 Å². The minimum atomic E-state index is -5.08. The Labute approximate surface area is 124 Å². The molecule has 0 bridgehead atoms. The van der Waals surface area contributed by atoms with Gasteiger partial charge >= 0.3 is 12.1 Å². The first-order valence-corrected chi connectivity index (χ1v) is 6.74. The molecule has 120 valence electrons. The van der Waals surface area contributed by atoms with Gasteiger partial charge in [-0.1, -0.05) is 12.1 Å². The van der Waals surface area contributed by atoms with Crippen LogP contribution in [0.15, 0.2) is 28.7 Å². The number of carbonyl (C=O) groups is 1. The number of nitrogens with one attached hydrogen (secondary N) is 1. The first kappa shape index (κ1) is 16.3. The number of para-hydroxylation sites is 2. The maximum absolute atomic E-state index is 10.6. The molecule has 1 saturated heterocycles. The first-order chi connectivity index (χ1) is 10.4. The van der Waals surface area contributed by atoms with Gasteiger partial charge in [0.15, 0.2) is 11.5 Å². The molecule has 2 heterocycles. The number of rotatable bonds is 1. The van der Waals surface area contributed by atoms with E-state index in [1.807, 2.05) is 24.3 Å². The molecule has 1 aromatic carbocycles. The second kappa shape index (κ2) is 6.78. The molecule has 1 aliphatic rings. The lowest BCUT2D eigenvalue weighted by Gasteiger charge is -2.19. The Hall–Kier alpha value is -2.09. The van der Waals surface area contributed by atoms with Crippen molar-refractivity contribution in [2.24, 2.45) is 0 Å². The van der Waals surface area contributed by atoms with Crippen LogP contribution in [0.25, 0.3) is 11.1 Å². The number of nitrogens with zero attached hydrogens (tertiary/aromatic N) is 1. The maximum Gasteiger partial charge on any atom is 0.490 e. The smallest absolute Gasteiger partial charge is 0.475 e. The average Bonchev–Trinajstić information content (AvgIpc) is 2.92. The standard InChI is InChI=1S/C12H14N2O.C2HF3O2/c1-2-6-11-10(5-1)14-12(15-11)9-4-3-7-13-8-9;3-2(4,5)1(6)7/h1-2,5-6,9,13H,3-4,7-8H2;(H,6,7). The van der Waals surface area contributed by atoms with E-state index < -0.39 is 12.1 Å². The van der Waals surface area contributed by atoms with Gasteiger partial charge in [0.1, 0.15) is 5.52 Å². The third-order valence-corrected chi connectivity index (χ3v) is 3.20. The molecule has 3 rings (SSSR count).